The molecular formula is C20H20FN7O. The van der Waals surface area contributed by atoms with Gasteiger partial charge in [-0.25, -0.2) is 4.39 Å². The van der Waals surface area contributed by atoms with Crippen LogP contribution in [0.2, 0.25) is 0 Å². The molecule has 0 aliphatic carbocycles. The summed E-state index contributed by atoms with van der Waals surface area (Å²) in [6.07, 6.45) is 2.10. The van der Waals surface area contributed by atoms with Gasteiger partial charge in [-0.05, 0) is 31.0 Å². The SMILES string of the molecule is N#Cc1ccc(Oc2nc(N3CCCC3)nc(N3CCNCC3)c2C#N)c(F)c1. The summed E-state index contributed by atoms with van der Waals surface area (Å²) in [7, 11) is 0. The van der Waals surface area contributed by atoms with Crippen LogP contribution in [-0.4, -0.2) is 49.2 Å². The lowest BCUT2D eigenvalue weighted by molar-refractivity contribution is 0.424. The first-order valence-electron chi connectivity index (χ1n) is 9.60. The van der Waals surface area contributed by atoms with Gasteiger partial charge in [0.25, 0.3) is 0 Å². The zero-order valence-corrected chi connectivity index (χ0v) is 15.9. The molecule has 0 atom stereocenters. The molecule has 0 unspecified atom stereocenters. The summed E-state index contributed by atoms with van der Waals surface area (Å²) in [5.41, 5.74) is 0.371. The third-order valence-electron chi connectivity index (χ3n) is 5.03. The van der Waals surface area contributed by atoms with Crippen molar-refractivity contribution in [2.24, 2.45) is 0 Å². The third-order valence-corrected chi connectivity index (χ3v) is 5.03. The van der Waals surface area contributed by atoms with Gasteiger partial charge in [0, 0.05) is 39.3 Å². The fourth-order valence-corrected chi connectivity index (χ4v) is 3.51. The molecule has 0 bridgehead atoms. The number of aromatic nitrogens is 2. The minimum Gasteiger partial charge on any atom is -0.434 e. The number of hydrogen-bond acceptors (Lipinski definition) is 8. The van der Waals surface area contributed by atoms with Gasteiger partial charge in [0.1, 0.15) is 6.07 Å². The Hall–Kier alpha value is -3.43. The normalized spacial score (nSPS) is 16.4. The number of hydrogen-bond donors (Lipinski definition) is 1. The number of ether oxygens (including phenoxy) is 1. The molecule has 9 heteroatoms. The molecule has 2 aliphatic heterocycles. The molecule has 2 fully saturated rings. The second kappa shape index (κ2) is 8.29. The summed E-state index contributed by atoms with van der Waals surface area (Å²) >= 11 is 0. The number of nitrogens with one attached hydrogen (secondary N) is 1. The lowest BCUT2D eigenvalue weighted by atomic mass is 10.2. The Morgan fingerprint density at radius 1 is 1.00 bits per heavy atom. The molecule has 1 N–H and O–H groups in total. The summed E-state index contributed by atoms with van der Waals surface area (Å²) in [6, 6.07) is 7.96. The van der Waals surface area contributed by atoms with E-state index in [1.807, 2.05) is 11.0 Å². The number of piperazine rings is 1. The van der Waals surface area contributed by atoms with Gasteiger partial charge in [-0.15, -0.1) is 0 Å². The van der Waals surface area contributed by atoms with Crippen molar-refractivity contribution < 1.29 is 9.13 Å². The van der Waals surface area contributed by atoms with Crippen LogP contribution in [0.3, 0.4) is 0 Å². The second-order valence-corrected chi connectivity index (χ2v) is 6.93. The topological polar surface area (TPSA) is 101 Å². The van der Waals surface area contributed by atoms with Crippen LogP contribution in [-0.2, 0) is 0 Å². The molecule has 29 heavy (non-hydrogen) atoms. The Labute approximate surface area is 168 Å². The van der Waals surface area contributed by atoms with Crippen LogP contribution in [0.5, 0.6) is 11.6 Å². The number of nitriles is 2. The van der Waals surface area contributed by atoms with Gasteiger partial charge in [0.15, 0.2) is 22.9 Å². The number of rotatable bonds is 4. The van der Waals surface area contributed by atoms with Crippen molar-refractivity contribution in [1.29, 1.82) is 10.5 Å². The Morgan fingerprint density at radius 2 is 1.76 bits per heavy atom. The predicted octanol–water partition coefficient (Wildman–Crippen LogP) is 2.16. The lowest BCUT2D eigenvalue weighted by Gasteiger charge is -2.30. The van der Waals surface area contributed by atoms with Gasteiger partial charge in [-0.1, -0.05) is 0 Å². The van der Waals surface area contributed by atoms with E-state index >= 15 is 0 Å². The Bertz CT molecular complexity index is 986. The largest absolute Gasteiger partial charge is 0.434 e. The van der Waals surface area contributed by atoms with Crippen molar-refractivity contribution in [3.05, 3.63) is 35.1 Å². The number of halogens is 1. The van der Waals surface area contributed by atoms with E-state index in [0.29, 0.717) is 24.9 Å². The van der Waals surface area contributed by atoms with Crippen LogP contribution < -0.4 is 19.9 Å². The lowest BCUT2D eigenvalue weighted by Crippen LogP contribution is -2.44. The molecule has 4 rings (SSSR count). The van der Waals surface area contributed by atoms with E-state index in [1.54, 1.807) is 0 Å². The molecule has 2 aliphatic rings. The average molecular weight is 393 g/mol. The van der Waals surface area contributed by atoms with Crippen molar-refractivity contribution in [2.75, 3.05) is 49.1 Å². The van der Waals surface area contributed by atoms with Crippen LogP contribution >= 0.6 is 0 Å². The van der Waals surface area contributed by atoms with Gasteiger partial charge in [0.05, 0.1) is 11.6 Å². The van der Waals surface area contributed by atoms with Crippen molar-refractivity contribution in [3.8, 4) is 23.8 Å². The quantitative estimate of drug-likeness (QED) is 0.843. The highest BCUT2D eigenvalue weighted by atomic mass is 19.1. The zero-order chi connectivity index (χ0) is 20.2. The molecule has 148 valence electrons. The van der Waals surface area contributed by atoms with Crippen LogP contribution in [0, 0.1) is 28.5 Å². The summed E-state index contributed by atoms with van der Waals surface area (Å²) in [5.74, 6) is 0.256. The Kier molecular flexibility index (Phi) is 5.41. The maximum Gasteiger partial charge on any atom is 0.244 e. The molecule has 2 aromatic rings. The molecule has 0 amide bonds. The van der Waals surface area contributed by atoms with Crippen molar-refractivity contribution in [2.45, 2.75) is 12.8 Å². The highest BCUT2D eigenvalue weighted by molar-refractivity contribution is 5.62. The first-order chi connectivity index (χ1) is 14.2. The van der Waals surface area contributed by atoms with Crippen LogP contribution in [0.25, 0.3) is 0 Å². The van der Waals surface area contributed by atoms with E-state index in [9.17, 15) is 9.65 Å². The van der Waals surface area contributed by atoms with Crippen LogP contribution in [0.1, 0.15) is 24.0 Å². The first kappa shape index (κ1) is 18.9. The maximum absolute atomic E-state index is 14.4. The van der Waals surface area contributed by atoms with Gasteiger partial charge >= 0.3 is 0 Å². The van der Waals surface area contributed by atoms with Gasteiger partial charge in [0.2, 0.25) is 11.8 Å². The van der Waals surface area contributed by atoms with E-state index in [1.165, 1.54) is 12.1 Å². The average Bonchev–Trinajstić information content (AvgIpc) is 3.30. The molecular weight excluding hydrogens is 373 g/mol. The molecule has 0 spiro atoms. The number of nitrogens with zero attached hydrogens (tertiary/aromatic N) is 6. The monoisotopic (exact) mass is 393 g/mol. The zero-order valence-electron chi connectivity index (χ0n) is 15.9. The van der Waals surface area contributed by atoms with E-state index in [2.05, 4.69) is 26.3 Å². The van der Waals surface area contributed by atoms with Gasteiger partial charge < -0.3 is 19.9 Å². The van der Waals surface area contributed by atoms with Gasteiger partial charge in [-0.3, -0.25) is 0 Å². The van der Waals surface area contributed by atoms with Gasteiger partial charge in [-0.2, -0.15) is 20.5 Å². The summed E-state index contributed by atoms with van der Waals surface area (Å²) in [5, 5.41) is 22.0. The minimum absolute atomic E-state index is 0.0292. The van der Waals surface area contributed by atoms with E-state index in [-0.39, 0.29) is 22.8 Å². The number of benzene rings is 1. The summed E-state index contributed by atoms with van der Waals surface area (Å²) in [4.78, 5) is 13.2. The smallest absolute Gasteiger partial charge is 0.244 e. The fraction of sp³-hybridized carbons (Fsp3) is 0.400. The Balaban J connectivity index is 1.77. The highest BCUT2D eigenvalue weighted by Crippen LogP contribution is 2.33. The van der Waals surface area contributed by atoms with E-state index in [4.69, 9.17) is 10.00 Å². The molecule has 3 heterocycles. The molecule has 8 nitrogen and oxygen atoms in total. The van der Waals surface area contributed by atoms with Crippen LogP contribution in [0.15, 0.2) is 18.2 Å². The molecule has 1 aromatic carbocycles. The predicted molar refractivity (Wildman–Crippen MR) is 104 cm³/mol. The van der Waals surface area contributed by atoms with E-state index < -0.39 is 5.82 Å². The van der Waals surface area contributed by atoms with E-state index in [0.717, 1.165) is 45.1 Å². The maximum atomic E-state index is 14.4. The second-order valence-electron chi connectivity index (χ2n) is 6.93. The van der Waals surface area contributed by atoms with Crippen LogP contribution in [0.4, 0.5) is 16.2 Å². The molecule has 0 saturated carbocycles. The Morgan fingerprint density at radius 3 is 2.41 bits per heavy atom. The van der Waals surface area contributed by atoms with Crippen molar-refractivity contribution >= 4 is 11.8 Å². The standard InChI is InChI=1S/C20H20FN7O/c21-16-11-14(12-22)3-4-17(16)29-19-15(13-23)18(27-9-5-24-6-10-27)25-20(26-19)28-7-1-2-8-28/h3-4,11,24H,1-2,5-10H2. The summed E-state index contributed by atoms with van der Waals surface area (Å²) in [6.45, 7) is 4.64. The van der Waals surface area contributed by atoms with Crippen molar-refractivity contribution in [3.63, 3.8) is 0 Å². The molecule has 2 saturated heterocycles. The fourth-order valence-electron chi connectivity index (χ4n) is 3.51. The molecule has 0 radical (unpaired) electrons. The highest BCUT2D eigenvalue weighted by Gasteiger charge is 2.26. The summed E-state index contributed by atoms with van der Waals surface area (Å²) < 4.78 is 20.1. The third kappa shape index (κ3) is 3.91. The number of anilines is 2. The van der Waals surface area contributed by atoms with Crippen molar-refractivity contribution in [1.82, 2.24) is 15.3 Å². The molecule has 1 aromatic heterocycles. The minimum atomic E-state index is -0.682. The first-order valence-corrected chi connectivity index (χ1v) is 9.60.